The number of rotatable bonds is 3. The van der Waals surface area contributed by atoms with Crippen LogP contribution in [0.2, 0.25) is 18.1 Å². The average Bonchev–Trinajstić information content (AvgIpc) is 2.93. The number of carbonyl (C=O) groups is 2. The zero-order chi connectivity index (χ0) is 22.0. The van der Waals surface area contributed by atoms with Gasteiger partial charge in [0.05, 0.1) is 6.10 Å². The summed E-state index contributed by atoms with van der Waals surface area (Å²) in [6, 6.07) is 0. The van der Waals surface area contributed by atoms with E-state index in [2.05, 4.69) is 54.3 Å². The molecule has 3 rings (SSSR count). The molecule has 164 valence electrons. The van der Waals surface area contributed by atoms with Crippen LogP contribution in [0.1, 0.15) is 80.1 Å². The van der Waals surface area contributed by atoms with E-state index >= 15 is 0 Å². The monoisotopic (exact) mass is 418 g/mol. The van der Waals surface area contributed by atoms with E-state index in [4.69, 9.17) is 4.43 Å². The van der Waals surface area contributed by atoms with E-state index in [0.717, 1.165) is 19.3 Å². The minimum atomic E-state index is -2.09. The van der Waals surface area contributed by atoms with Crippen molar-refractivity contribution in [1.29, 1.82) is 0 Å². The van der Waals surface area contributed by atoms with Gasteiger partial charge in [-0.3, -0.25) is 9.59 Å². The number of hydrogen-bond acceptors (Lipinski definition) is 3. The maximum atomic E-state index is 13.5. The molecule has 2 bridgehead atoms. The Morgan fingerprint density at radius 2 is 1.79 bits per heavy atom. The Morgan fingerprint density at radius 3 is 2.34 bits per heavy atom. The SMILES string of the molecule is C=C[C@]1(C)C[C@@H](O[Si](C)(C)C(C)(C)C)[C@@]2(C)[C@H](C)CC[C@@]3(CCC(=O)[C@H]32)CC1=O. The Morgan fingerprint density at radius 1 is 1.17 bits per heavy atom. The molecule has 0 heterocycles. The topological polar surface area (TPSA) is 43.4 Å². The molecule has 3 fully saturated rings. The van der Waals surface area contributed by atoms with Crippen LogP contribution in [0.4, 0.5) is 0 Å². The van der Waals surface area contributed by atoms with Crippen LogP contribution in [0.25, 0.3) is 0 Å². The third-order valence-corrected chi connectivity index (χ3v) is 14.2. The highest BCUT2D eigenvalue weighted by molar-refractivity contribution is 6.74. The number of carbonyl (C=O) groups excluding carboxylic acids is 2. The Hall–Kier alpha value is -0.743. The maximum Gasteiger partial charge on any atom is 0.192 e. The number of ketones is 2. The Labute approximate surface area is 179 Å². The molecular formula is C25H42O3Si. The molecule has 0 aromatic heterocycles. The highest BCUT2D eigenvalue weighted by atomic mass is 28.4. The first kappa shape index (κ1) is 22.9. The van der Waals surface area contributed by atoms with E-state index in [-0.39, 0.29) is 33.7 Å². The second kappa shape index (κ2) is 6.88. The molecule has 0 radical (unpaired) electrons. The van der Waals surface area contributed by atoms with E-state index in [0.29, 0.717) is 31.0 Å². The van der Waals surface area contributed by atoms with Crippen LogP contribution in [0.3, 0.4) is 0 Å². The van der Waals surface area contributed by atoms with Gasteiger partial charge in [0.2, 0.25) is 0 Å². The Bertz CT molecular complexity index is 720. The third-order valence-electron chi connectivity index (χ3n) is 9.71. The average molecular weight is 419 g/mol. The normalized spacial score (nSPS) is 43.5. The predicted octanol–water partition coefficient (Wildman–Crippen LogP) is 6.33. The molecule has 4 heteroatoms. The summed E-state index contributed by atoms with van der Waals surface area (Å²) in [6.45, 7) is 22.1. The lowest BCUT2D eigenvalue weighted by Crippen LogP contribution is -2.61. The van der Waals surface area contributed by atoms with Gasteiger partial charge >= 0.3 is 0 Å². The standard InChI is InChI=1S/C25H42O3Si/c1-10-23(6)16-20(28-29(8,9)22(3,4)5)24(7)17(2)11-13-25(15-19(23)27)14-12-18(26)21(24)25/h10,17,20-21H,1,11-16H2,2-9H3/t17-,20-,21+,23-,24-,25-/m1/s1. The Balaban J connectivity index is 2.19. The smallest absolute Gasteiger partial charge is 0.192 e. The molecule has 0 aliphatic heterocycles. The van der Waals surface area contributed by atoms with Gasteiger partial charge < -0.3 is 4.43 Å². The molecule has 0 spiro atoms. The highest BCUT2D eigenvalue weighted by Gasteiger charge is 2.66. The fourth-order valence-electron chi connectivity index (χ4n) is 6.30. The quantitative estimate of drug-likeness (QED) is 0.397. The lowest BCUT2D eigenvalue weighted by molar-refractivity contribution is -0.163. The van der Waals surface area contributed by atoms with Crippen molar-refractivity contribution in [2.75, 3.05) is 0 Å². The van der Waals surface area contributed by atoms with Crippen molar-refractivity contribution in [2.24, 2.45) is 28.1 Å². The number of hydrogen-bond donors (Lipinski definition) is 0. The van der Waals surface area contributed by atoms with Gasteiger partial charge in [0, 0.05) is 29.6 Å². The van der Waals surface area contributed by atoms with E-state index in [1.807, 2.05) is 13.0 Å². The molecule has 0 aromatic rings. The summed E-state index contributed by atoms with van der Waals surface area (Å²) >= 11 is 0. The minimum Gasteiger partial charge on any atom is -0.413 e. The second-order valence-electron chi connectivity index (χ2n) is 12.4. The van der Waals surface area contributed by atoms with Gasteiger partial charge in [0.15, 0.2) is 8.32 Å². The van der Waals surface area contributed by atoms with Gasteiger partial charge in [-0.2, -0.15) is 0 Å². The summed E-state index contributed by atoms with van der Waals surface area (Å²) < 4.78 is 7.12. The Kier molecular flexibility index (Phi) is 5.44. The van der Waals surface area contributed by atoms with Crippen molar-refractivity contribution >= 4 is 19.9 Å². The minimum absolute atomic E-state index is 0.0492. The van der Waals surface area contributed by atoms with Crippen LogP contribution < -0.4 is 0 Å². The van der Waals surface area contributed by atoms with Crippen molar-refractivity contribution < 1.29 is 14.0 Å². The van der Waals surface area contributed by atoms with Crippen molar-refractivity contribution in [2.45, 2.75) is 104 Å². The van der Waals surface area contributed by atoms with Crippen molar-refractivity contribution in [3.05, 3.63) is 12.7 Å². The van der Waals surface area contributed by atoms with E-state index in [9.17, 15) is 9.59 Å². The molecule has 6 atom stereocenters. The zero-order valence-corrected chi connectivity index (χ0v) is 21.0. The molecule has 0 amide bonds. The van der Waals surface area contributed by atoms with Crippen molar-refractivity contribution in [1.82, 2.24) is 0 Å². The summed E-state index contributed by atoms with van der Waals surface area (Å²) in [4.78, 5) is 26.8. The van der Waals surface area contributed by atoms with Crippen LogP contribution in [0.15, 0.2) is 12.7 Å². The molecule has 3 nitrogen and oxygen atoms in total. The first-order valence-electron chi connectivity index (χ1n) is 11.5. The summed E-state index contributed by atoms with van der Waals surface area (Å²) in [7, 11) is -2.09. The first-order valence-corrected chi connectivity index (χ1v) is 14.4. The molecule has 3 saturated carbocycles. The van der Waals surface area contributed by atoms with Crippen molar-refractivity contribution in [3.63, 3.8) is 0 Å². The van der Waals surface area contributed by atoms with Gasteiger partial charge in [0.25, 0.3) is 0 Å². The zero-order valence-electron chi connectivity index (χ0n) is 20.0. The second-order valence-corrected chi connectivity index (χ2v) is 17.1. The summed E-state index contributed by atoms with van der Waals surface area (Å²) in [5.74, 6) is 0.983. The van der Waals surface area contributed by atoms with E-state index in [1.165, 1.54) is 0 Å². The number of Topliss-reactive ketones (excluding diaryl/α,β-unsaturated/α-hetero) is 2. The lowest BCUT2D eigenvalue weighted by Gasteiger charge is -2.60. The highest BCUT2D eigenvalue weighted by Crippen LogP contribution is 2.66. The van der Waals surface area contributed by atoms with Gasteiger partial charge in [-0.05, 0) is 62.1 Å². The van der Waals surface area contributed by atoms with Crippen LogP contribution in [0, 0.1) is 28.1 Å². The van der Waals surface area contributed by atoms with Crippen LogP contribution in [-0.4, -0.2) is 26.0 Å². The van der Waals surface area contributed by atoms with Gasteiger partial charge in [-0.1, -0.05) is 40.7 Å². The fraction of sp³-hybridized carbons (Fsp3) is 0.840. The van der Waals surface area contributed by atoms with Crippen LogP contribution >= 0.6 is 0 Å². The molecular weight excluding hydrogens is 376 g/mol. The fourth-order valence-corrected chi connectivity index (χ4v) is 7.70. The van der Waals surface area contributed by atoms with E-state index < -0.39 is 13.7 Å². The van der Waals surface area contributed by atoms with E-state index in [1.54, 1.807) is 0 Å². The summed E-state index contributed by atoms with van der Waals surface area (Å²) in [5, 5.41) is 0.0784. The summed E-state index contributed by atoms with van der Waals surface area (Å²) in [6.07, 6.45) is 6.49. The molecule has 0 saturated heterocycles. The molecule has 0 unspecified atom stereocenters. The van der Waals surface area contributed by atoms with Gasteiger partial charge in [0.1, 0.15) is 11.6 Å². The summed E-state index contributed by atoms with van der Waals surface area (Å²) in [5.41, 5.74) is -0.990. The largest absolute Gasteiger partial charge is 0.413 e. The third kappa shape index (κ3) is 3.33. The molecule has 3 aliphatic rings. The van der Waals surface area contributed by atoms with Crippen LogP contribution in [-0.2, 0) is 14.0 Å². The lowest BCUT2D eigenvalue weighted by atomic mass is 9.46. The van der Waals surface area contributed by atoms with Gasteiger partial charge in [-0.15, -0.1) is 6.58 Å². The van der Waals surface area contributed by atoms with Gasteiger partial charge in [-0.25, -0.2) is 0 Å². The molecule has 0 aromatic carbocycles. The molecule has 3 aliphatic carbocycles. The maximum absolute atomic E-state index is 13.5. The van der Waals surface area contributed by atoms with Crippen molar-refractivity contribution in [3.8, 4) is 0 Å². The van der Waals surface area contributed by atoms with Crippen LogP contribution in [0.5, 0.6) is 0 Å². The predicted molar refractivity (Wildman–Crippen MR) is 121 cm³/mol. The number of allylic oxidation sites excluding steroid dienone is 1. The first-order chi connectivity index (χ1) is 13.1. The molecule has 0 N–H and O–H groups in total. The molecule has 29 heavy (non-hydrogen) atoms.